The molecule has 1 aromatic heterocycles. The highest BCUT2D eigenvalue weighted by Crippen LogP contribution is 2.44. The molecule has 0 radical (unpaired) electrons. The molecular weight excluding hydrogens is 520 g/mol. The normalized spacial score (nSPS) is 13.3. The third-order valence-corrected chi connectivity index (χ3v) is 8.51. The minimum atomic E-state index is -0.429. The Morgan fingerprint density at radius 2 is 0.977 bits per heavy atom. The van der Waals surface area contributed by atoms with Crippen LogP contribution < -0.4 is 0 Å². The average Bonchev–Trinajstić information content (AvgIpc) is 3.56. The van der Waals surface area contributed by atoms with Gasteiger partial charge in [0.1, 0.15) is 11.3 Å². The van der Waals surface area contributed by atoms with Crippen LogP contribution in [0.25, 0.3) is 88.0 Å². The second-order valence-electron chi connectivity index (χ2n) is 10.9. The molecule has 9 rings (SSSR count). The molecule has 0 N–H and O–H groups in total. The first-order valence-electron chi connectivity index (χ1n) is 16.9. The Kier molecular flexibility index (Phi) is 4.27. The van der Waals surface area contributed by atoms with Crippen LogP contribution in [0.3, 0.4) is 0 Å². The van der Waals surface area contributed by atoms with Gasteiger partial charge in [-0.1, -0.05) is 139 Å². The average molecular weight is 552 g/mol. The van der Waals surface area contributed by atoms with Crippen LogP contribution in [0.15, 0.2) is 162 Å². The first-order valence-corrected chi connectivity index (χ1v) is 14.4. The van der Waals surface area contributed by atoms with Gasteiger partial charge in [-0.05, 0) is 78.3 Å². The number of hydrogen-bond donors (Lipinski definition) is 0. The van der Waals surface area contributed by atoms with Crippen molar-refractivity contribution < 1.29 is 11.3 Å². The fourth-order valence-electron chi connectivity index (χ4n) is 6.56. The van der Waals surface area contributed by atoms with E-state index in [1.54, 1.807) is 6.07 Å². The number of furan rings is 1. The second-order valence-corrected chi connectivity index (χ2v) is 10.9. The van der Waals surface area contributed by atoms with Crippen molar-refractivity contribution >= 4 is 43.3 Å². The molecule has 0 aliphatic heterocycles. The van der Waals surface area contributed by atoms with Gasteiger partial charge in [0.2, 0.25) is 0 Å². The Labute approximate surface area is 256 Å². The molecule has 0 spiro atoms. The molecule has 8 aromatic carbocycles. The Hall–Kier alpha value is -5.66. The van der Waals surface area contributed by atoms with Crippen LogP contribution >= 0.6 is 0 Å². The largest absolute Gasteiger partial charge is 0.455 e. The van der Waals surface area contributed by atoms with Gasteiger partial charge in [0.25, 0.3) is 0 Å². The summed E-state index contributed by atoms with van der Waals surface area (Å²) in [7, 11) is 0. The summed E-state index contributed by atoms with van der Waals surface area (Å²) in [6.45, 7) is 0. The fraction of sp³-hybridized carbons (Fsp3) is 0. The first-order chi connectivity index (χ1) is 23.4. The Balaban J connectivity index is 1.32. The molecule has 0 amide bonds. The van der Waals surface area contributed by atoms with Crippen molar-refractivity contribution in [2.24, 2.45) is 0 Å². The fourth-order valence-corrected chi connectivity index (χ4v) is 6.56. The molecular formula is C42H26O. The maximum absolute atomic E-state index is 8.57. The molecule has 1 heteroatoms. The zero-order chi connectivity index (χ0) is 32.7. The lowest BCUT2D eigenvalue weighted by molar-refractivity contribution is 0.632. The number of fused-ring (bicyclic) bond motifs is 1. The van der Waals surface area contributed by atoms with Crippen LogP contribution in [0.5, 0.6) is 0 Å². The van der Waals surface area contributed by atoms with Gasteiger partial charge >= 0.3 is 0 Å². The summed E-state index contributed by atoms with van der Waals surface area (Å²) < 4.78 is 48.0. The standard InChI is InChI=1S/C42H26O/c1-4-10-27(11-5-1)34-20-16-30-19-23-37-35(21-17-31-18-22-36(34)40(30)41(31)37)32-24-33-26-39(29-14-8-3-9-15-29)43-42(33)38(25-32)28-12-6-2-7-13-28/h1-26H/i3D,8D,9D,14D,15D. The SMILES string of the molecule is [2H]c1c([2H])c([2H])c(-c2cc3cc(-c4ccc5ccc6c(-c7ccccc7)ccc7ccc4c5c76)cc(-c4ccccc4)c3o2)c([2H])c1[2H]. The van der Waals surface area contributed by atoms with Crippen LogP contribution in [0.4, 0.5) is 0 Å². The Morgan fingerprint density at radius 3 is 1.60 bits per heavy atom. The predicted octanol–water partition coefficient (Wildman–Crippen LogP) is 12.0. The minimum absolute atomic E-state index is 0.0507. The molecule has 0 fully saturated rings. The van der Waals surface area contributed by atoms with E-state index in [-0.39, 0.29) is 35.5 Å². The maximum atomic E-state index is 8.57. The van der Waals surface area contributed by atoms with Crippen LogP contribution in [-0.2, 0) is 0 Å². The molecule has 0 saturated heterocycles. The number of hydrogen-bond acceptors (Lipinski definition) is 1. The molecule has 9 aromatic rings. The van der Waals surface area contributed by atoms with E-state index in [2.05, 4.69) is 84.9 Å². The van der Waals surface area contributed by atoms with E-state index in [9.17, 15) is 0 Å². The monoisotopic (exact) mass is 551 g/mol. The smallest absolute Gasteiger partial charge is 0.142 e. The summed E-state index contributed by atoms with van der Waals surface area (Å²) >= 11 is 0. The highest BCUT2D eigenvalue weighted by Gasteiger charge is 2.18. The van der Waals surface area contributed by atoms with E-state index in [0.29, 0.717) is 5.58 Å². The zero-order valence-electron chi connectivity index (χ0n) is 28.0. The van der Waals surface area contributed by atoms with Gasteiger partial charge in [0.05, 0.1) is 6.85 Å². The van der Waals surface area contributed by atoms with E-state index >= 15 is 0 Å². The van der Waals surface area contributed by atoms with Crippen molar-refractivity contribution in [2.45, 2.75) is 0 Å². The molecule has 0 atom stereocenters. The summed E-state index contributed by atoms with van der Waals surface area (Å²) in [5.74, 6) is 0.236. The van der Waals surface area contributed by atoms with Crippen LogP contribution in [-0.4, -0.2) is 0 Å². The van der Waals surface area contributed by atoms with Gasteiger partial charge in [-0.2, -0.15) is 0 Å². The topological polar surface area (TPSA) is 13.1 Å². The highest BCUT2D eigenvalue weighted by molar-refractivity contribution is 6.27. The van der Waals surface area contributed by atoms with Crippen LogP contribution in [0, 0.1) is 0 Å². The molecule has 0 aliphatic rings. The third kappa shape index (κ3) is 3.79. The molecule has 200 valence electrons. The van der Waals surface area contributed by atoms with E-state index in [1.807, 2.05) is 36.4 Å². The van der Waals surface area contributed by atoms with Gasteiger partial charge < -0.3 is 4.42 Å². The van der Waals surface area contributed by atoms with Gasteiger partial charge in [-0.3, -0.25) is 0 Å². The molecule has 0 aliphatic carbocycles. The van der Waals surface area contributed by atoms with E-state index < -0.39 is 6.04 Å². The van der Waals surface area contributed by atoms with Crippen LogP contribution in [0.1, 0.15) is 6.85 Å². The summed E-state index contributed by atoms with van der Waals surface area (Å²) in [5, 5.41) is 7.96. The van der Waals surface area contributed by atoms with E-state index in [0.717, 1.165) is 33.0 Å². The lowest BCUT2D eigenvalue weighted by Crippen LogP contribution is -1.90. The van der Waals surface area contributed by atoms with Gasteiger partial charge in [0.15, 0.2) is 0 Å². The molecule has 1 nitrogen and oxygen atoms in total. The summed E-state index contributed by atoms with van der Waals surface area (Å²) in [5.41, 5.74) is 6.92. The van der Waals surface area contributed by atoms with Crippen molar-refractivity contribution in [3.8, 4) is 44.7 Å². The van der Waals surface area contributed by atoms with Gasteiger partial charge in [-0.25, -0.2) is 0 Å². The van der Waals surface area contributed by atoms with Crippen LogP contribution in [0.2, 0.25) is 0 Å². The zero-order valence-corrected chi connectivity index (χ0v) is 23.0. The van der Waals surface area contributed by atoms with Gasteiger partial charge in [0, 0.05) is 16.5 Å². The quantitative estimate of drug-likeness (QED) is 0.198. The van der Waals surface area contributed by atoms with Crippen molar-refractivity contribution in [1.82, 2.24) is 0 Å². The predicted molar refractivity (Wildman–Crippen MR) is 182 cm³/mol. The molecule has 0 bridgehead atoms. The van der Waals surface area contributed by atoms with Crippen molar-refractivity contribution in [3.05, 3.63) is 158 Å². The Morgan fingerprint density at radius 1 is 0.419 bits per heavy atom. The van der Waals surface area contributed by atoms with Crippen molar-refractivity contribution in [2.75, 3.05) is 0 Å². The lowest BCUT2D eigenvalue weighted by atomic mass is 9.86. The van der Waals surface area contributed by atoms with Crippen molar-refractivity contribution in [3.63, 3.8) is 0 Å². The Bertz CT molecular complexity index is 2680. The summed E-state index contributed by atoms with van der Waals surface area (Å²) in [4.78, 5) is 0. The lowest BCUT2D eigenvalue weighted by Gasteiger charge is -2.17. The summed E-state index contributed by atoms with van der Waals surface area (Å²) in [6, 6.07) is 42.3. The van der Waals surface area contributed by atoms with E-state index in [1.165, 1.54) is 38.1 Å². The van der Waals surface area contributed by atoms with Gasteiger partial charge in [-0.15, -0.1) is 0 Å². The minimum Gasteiger partial charge on any atom is -0.455 e. The molecule has 43 heavy (non-hydrogen) atoms. The maximum Gasteiger partial charge on any atom is 0.142 e. The summed E-state index contributed by atoms with van der Waals surface area (Å²) in [6.07, 6.45) is 0. The van der Waals surface area contributed by atoms with Crippen molar-refractivity contribution in [1.29, 1.82) is 0 Å². The molecule has 1 heterocycles. The third-order valence-electron chi connectivity index (χ3n) is 8.51. The molecule has 0 unspecified atom stereocenters. The highest BCUT2D eigenvalue weighted by atomic mass is 16.3. The number of benzene rings is 8. The number of rotatable bonds is 4. The molecule has 0 saturated carbocycles. The van der Waals surface area contributed by atoms with E-state index in [4.69, 9.17) is 11.3 Å². The second kappa shape index (κ2) is 9.44. The first kappa shape index (κ1) is 19.5.